The molecule has 0 fully saturated rings. The molecule has 3 nitrogen and oxygen atoms in total. The van der Waals surface area contributed by atoms with Crippen molar-refractivity contribution in [3.05, 3.63) is 44.1 Å². The molecule has 0 aliphatic rings. The van der Waals surface area contributed by atoms with Crippen molar-refractivity contribution in [1.29, 1.82) is 0 Å². The van der Waals surface area contributed by atoms with Crippen LogP contribution in [0.15, 0.2) is 23.6 Å². The predicted molar refractivity (Wildman–Crippen MR) is 89.4 cm³/mol. The molecule has 6 heteroatoms. The van der Waals surface area contributed by atoms with Crippen LogP contribution >= 0.6 is 34.5 Å². The molecule has 2 aromatic rings. The zero-order valence-electron chi connectivity index (χ0n) is 12.1. The lowest BCUT2D eigenvalue weighted by Crippen LogP contribution is -2.17. The second-order valence-corrected chi connectivity index (χ2v) is 6.10. The molecular formula is C15H17Cl2NO2S. The second kappa shape index (κ2) is 7.36. The van der Waals surface area contributed by atoms with Gasteiger partial charge in [0.05, 0.1) is 24.8 Å². The quantitative estimate of drug-likeness (QED) is 0.817. The highest BCUT2D eigenvalue weighted by Gasteiger charge is 2.20. The molecule has 0 aliphatic heterocycles. The number of rotatable bonds is 6. The molecule has 21 heavy (non-hydrogen) atoms. The van der Waals surface area contributed by atoms with Crippen molar-refractivity contribution in [3.63, 3.8) is 0 Å². The molecule has 1 unspecified atom stereocenters. The van der Waals surface area contributed by atoms with Crippen molar-refractivity contribution in [3.8, 4) is 11.5 Å². The van der Waals surface area contributed by atoms with Crippen LogP contribution in [0.2, 0.25) is 10.0 Å². The zero-order chi connectivity index (χ0) is 15.4. The van der Waals surface area contributed by atoms with Gasteiger partial charge in [0.1, 0.15) is 11.5 Å². The summed E-state index contributed by atoms with van der Waals surface area (Å²) in [6, 6.07) is 5.56. The minimum atomic E-state index is -0.0421. The fourth-order valence-corrected chi connectivity index (χ4v) is 3.55. The number of halogens is 2. The highest BCUT2D eigenvalue weighted by atomic mass is 35.5. The average molecular weight is 346 g/mol. The SMILES string of the molecule is CCOc1cc(Cl)c(C(NC)c2cc(OC)cs2)cc1Cl. The highest BCUT2D eigenvalue weighted by molar-refractivity contribution is 7.10. The van der Waals surface area contributed by atoms with Gasteiger partial charge < -0.3 is 14.8 Å². The normalized spacial score (nSPS) is 12.2. The Morgan fingerprint density at radius 3 is 2.57 bits per heavy atom. The summed E-state index contributed by atoms with van der Waals surface area (Å²) in [6.07, 6.45) is 0. The van der Waals surface area contributed by atoms with Crippen LogP contribution in [0.25, 0.3) is 0 Å². The maximum atomic E-state index is 6.40. The zero-order valence-corrected chi connectivity index (χ0v) is 14.4. The van der Waals surface area contributed by atoms with Crippen molar-refractivity contribution in [1.82, 2.24) is 5.32 Å². The second-order valence-electron chi connectivity index (χ2n) is 4.35. The maximum absolute atomic E-state index is 6.40. The van der Waals surface area contributed by atoms with Gasteiger partial charge in [-0.05, 0) is 31.7 Å². The van der Waals surface area contributed by atoms with E-state index in [-0.39, 0.29) is 6.04 Å². The molecule has 1 heterocycles. The van der Waals surface area contributed by atoms with Crippen LogP contribution in [0.1, 0.15) is 23.4 Å². The van der Waals surface area contributed by atoms with Crippen molar-refractivity contribution >= 4 is 34.5 Å². The molecule has 2 rings (SSSR count). The third-order valence-electron chi connectivity index (χ3n) is 3.07. The first-order valence-corrected chi connectivity index (χ1v) is 8.15. The Morgan fingerprint density at radius 1 is 1.24 bits per heavy atom. The topological polar surface area (TPSA) is 30.5 Å². The number of ether oxygens (including phenoxy) is 2. The van der Waals surface area contributed by atoms with Gasteiger partial charge in [0.25, 0.3) is 0 Å². The van der Waals surface area contributed by atoms with Crippen LogP contribution in [-0.4, -0.2) is 20.8 Å². The van der Waals surface area contributed by atoms with E-state index in [1.54, 1.807) is 24.5 Å². The number of hydrogen-bond acceptors (Lipinski definition) is 4. The lowest BCUT2D eigenvalue weighted by Gasteiger charge is -2.18. The van der Waals surface area contributed by atoms with Gasteiger partial charge in [-0.15, -0.1) is 11.3 Å². The Morgan fingerprint density at radius 2 is 2.00 bits per heavy atom. The van der Waals surface area contributed by atoms with Gasteiger partial charge >= 0.3 is 0 Å². The Bertz CT molecular complexity index is 616. The van der Waals surface area contributed by atoms with Crippen LogP contribution in [0.3, 0.4) is 0 Å². The largest absolute Gasteiger partial charge is 0.496 e. The molecule has 0 saturated carbocycles. The van der Waals surface area contributed by atoms with Crippen LogP contribution in [0.5, 0.6) is 11.5 Å². The number of benzene rings is 1. The lowest BCUT2D eigenvalue weighted by atomic mass is 10.1. The van der Waals surface area contributed by atoms with E-state index in [0.29, 0.717) is 22.4 Å². The van der Waals surface area contributed by atoms with Crippen molar-refractivity contribution < 1.29 is 9.47 Å². The molecule has 1 N–H and O–H groups in total. The van der Waals surface area contributed by atoms with Crippen molar-refractivity contribution in [2.24, 2.45) is 0 Å². The standard InChI is InChI=1S/C15H17Cl2NO2S/c1-4-20-13-7-11(16)10(6-12(13)17)15(18-2)14-5-9(19-3)8-21-14/h5-8,15,18H,4H2,1-3H3. The fraction of sp³-hybridized carbons (Fsp3) is 0.333. The molecule has 1 aromatic heterocycles. The predicted octanol–water partition coefficient (Wildman–Crippen LogP) is 4.77. The van der Waals surface area contributed by atoms with Gasteiger partial charge in [-0.25, -0.2) is 0 Å². The van der Waals surface area contributed by atoms with E-state index in [4.69, 9.17) is 32.7 Å². The van der Waals surface area contributed by atoms with Gasteiger partial charge in [0.2, 0.25) is 0 Å². The Kier molecular flexibility index (Phi) is 5.76. The highest BCUT2D eigenvalue weighted by Crippen LogP contribution is 2.38. The number of hydrogen-bond donors (Lipinski definition) is 1. The molecule has 114 valence electrons. The maximum Gasteiger partial charge on any atom is 0.139 e. The van der Waals surface area contributed by atoms with E-state index in [2.05, 4.69) is 5.32 Å². The molecule has 0 bridgehead atoms. The third-order valence-corrected chi connectivity index (χ3v) is 4.67. The monoisotopic (exact) mass is 345 g/mol. The number of nitrogens with one attached hydrogen (secondary N) is 1. The molecule has 0 saturated heterocycles. The minimum Gasteiger partial charge on any atom is -0.496 e. The summed E-state index contributed by atoms with van der Waals surface area (Å²) >= 11 is 14.3. The molecule has 0 amide bonds. The average Bonchev–Trinajstić information content (AvgIpc) is 2.94. The molecule has 0 aliphatic carbocycles. The van der Waals surface area contributed by atoms with Crippen molar-refractivity contribution in [2.75, 3.05) is 20.8 Å². The van der Waals surface area contributed by atoms with E-state index in [1.807, 2.05) is 31.5 Å². The summed E-state index contributed by atoms with van der Waals surface area (Å²) < 4.78 is 10.7. The smallest absolute Gasteiger partial charge is 0.139 e. The third kappa shape index (κ3) is 3.64. The first-order chi connectivity index (χ1) is 10.1. The Balaban J connectivity index is 2.40. The molecule has 1 aromatic carbocycles. The Labute approximate surface area is 138 Å². The molecule has 1 atom stereocenters. The van der Waals surface area contributed by atoms with Crippen LogP contribution < -0.4 is 14.8 Å². The minimum absolute atomic E-state index is 0.0421. The fourth-order valence-electron chi connectivity index (χ4n) is 2.08. The summed E-state index contributed by atoms with van der Waals surface area (Å²) in [6.45, 7) is 2.46. The van der Waals surface area contributed by atoms with E-state index in [0.717, 1.165) is 16.2 Å². The Hall–Kier alpha value is -0.940. The summed E-state index contributed by atoms with van der Waals surface area (Å²) in [5.41, 5.74) is 0.914. The number of methoxy groups -OCH3 is 1. The van der Waals surface area contributed by atoms with E-state index in [1.165, 1.54) is 0 Å². The van der Waals surface area contributed by atoms with Gasteiger partial charge in [0, 0.05) is 21.3 Å². The summed E-state index contributed by atoms with van der Waals surface area (Å²) in [7, 11) is 3.54. The van der Waals surface area contributed by atoms with E-state index in [9.17, 15) is 0 Å². The van der Waals surface area contributed by atoms with E-state index >= 15 is 0 Å². The molecular weight excluding hydrogens is 329 g/mol. The van der Waals surface area contributed by atoms with Gasteiger partial charge in [-0.2, -0.15) is 0 Å². The lowest BCUT2D eigenvalue weighted by molar-refractivity contribution is 0.340. The summed E-state index contributed by atoms with van der Waals surface area (Å²) in [5.74, 6) is 1.44. The first-order valence-electron chi connectivity index (χ1n) is 6.52. The van der Waals surface area contributed by atoms with Gasteiger partial charge in [-0.1, -0.05) is 23.2 Å². The molecule has 0 radical (unpaired) electrons. The van der Waals surface area contributed by atoms with Gasteiger partial charge in [0.15, 0.2) is 0 Å². The first kappa shape index (κ1) is 16.4. The van der Waals surface area contributed by atoms with Crippen molar-refractivity contribution in [2.45, 2.75) is 13.0 Å². The van der Waals surface area contributed by atoms with Gasteiger partial charge in [-0.3, -0.25) is 0 Å². The number of thiophene rings is 1. The van der Waals surface area contributed by atoms with Crippen LogP contribution in [0.4, 0.5) is 0 Å². The summed E-state index contributed by atoms with van der Waals surface area (Å²) in [4.78, 5) is 1.11. The molecule has 0 spiro atoms. The van der Waals surface area contributed by atoms with E-state index < -0.39 is 0 Å². The van der Waals surface area contributed by atoms with Crippen LogP contribution in [0, 0.1) is 0 Å². The van der Waals surface area contributed by atoms with Crippen LogP contribution in [-0.2, 0) is 0 Å². The summed E-state index contributed by atoms with van der Waals surface area (Å²) in [5, 5.41) is 6.40.